The molecule has 0 radical (unpaired) electrons. The van der Waals surface area contributed by atoms with Crippen LogP contribution in [-0.4, -0.2) is 16.5 Å². The van der Waals surface area contributed by atoms with Crippen molar-refractivity contribution >= 4 is 10.8 Å². The summed E-state index contributed by atoms with van der Waals surface area (Å²) in [5.41, 5.74) is 6.41. The van der Waals surface area contributed by atoms with Crippen LogP contribution in [0.25, 0.3) is 0 Å². The lowest BCUT2D eigenvalue weighted by Gasteiger charge is -1.99. The molecule has 0 aliphatic heterocycles. The molecule has 1 atom stereocenters. The van der Waals surface area contributed by atoms with Crippen LogP contribution in [0.1, 0.15) is 5.56 Å². The zero-order valence-corrected chi connectivity index (χ0v) is 7.72. The summed E-state index contributed by atoms with van der Waals surface area (Å²) in [7, 11) is -0.796. The van der Waals surface area contributed by atoms with E-state index < -0.39 is 10.8 Å². The third kappa shape index (κ3) is 3.15. The molecule has 2 N–H and O–H groups in total. The fourth-order valence-corrected chi connectivity index (χ4v) is 1.94. The van der Waals surface area contributed by atoms with Gasteiger partial charge in [0.15, 0.2) is 0 Å². The van der Waals surface area contributed by atoms with E-state index in [1.165, 1.54) is 0 Å². The Morgan fingerprint density at radius 3 is 2.50 bits per heavy atom. The van der Waals surface area contributed by atoms with Gasteiger partial charge in [-0.1, -0.05) is 30.3 Å². The summed E-state index contributed by atoms with van der Waals surface area (Å²) in [6.07, 6.45) is 0. The first-order chi connectivity index (χ1) is 5.83. The topological polar surface area (TPSA) is 43.1 Å². The minimum absolute atomic E-state index is 0.499. The van der Waals surface area contributed by atoms with E-state index in [1.54, 1.807) is 0 Å². The Hall–Kier alpha value is -0.670. The highest BCUT2D eigenvalue weighted by Gasteiger charge is 1.98. The average Bonchev–Trinajstić information content (AvgIpc) is 2.06. The van der Waals surface area contributed by atoms with E-state index in [4.69, 9.17) is 5.73 Å². The van der Waals surface area contributed by atoms with Crippen molar-refractivity contribution in [2.24, 2.45) is 5.73 Å². The molecule has 0 saturated carbocycles. The molecule has 0 fully saturated rings. The molecular weight excluding hydrogens is 170 g/mol. The van der Waals surface area contributed by atoms with E-state index in [2.05, 4.69) is 0 Å². The maximum absolute atomic E-state index is 11.2. The Labute approximate surface area is 75.2 Å². The lowest BCUT2D eigenvalue weighted by Crippen LogP contribution is -2.11. The zero-order chi connectivity index (χ0) is 8.81. The van der Waals surface area contributed by atoms with E-state index in [0.29, 0.717) is 18.1 Å². The number of rotatable bonds is 4. The second-order valence-electron chi connectivity index (χ2n) is 2.56. The molecular formula is C9H13NOS. The van der Waals surface area contributed by atoms with Gasteiger partial charge in [0, 0.05) is 28.9 Å². The predicted octanol–water partition coefficient (Wildman–Crippen LogP) is 0.894. The minimum atomic E-state index is -0.796. The molecule has 0 amide bonds. The molecule has 0 spiro atoms. The van der Waals surface area contributed by atoms with Crippen molar-refractivity contribution in [1.29, 1.82) is 0 Å². The smallest absolute Gasteiger partial charge is 0.0486 e. The van der Waals surface area contributed by atoms with Gasteiger partial charge in [-0.3, -0.25) is 4.21 Å². The third-order valence-corrected chi connectivity index (χ3v) is 2.86. The SMILES string of the molecule is NCC[S@](=O)Cc1ccccc1. The van der Waals surface area contributed by atoms with Crippen molar-refractivity contribution in [2.45, 2.75) is 5.75 Å². The van der Waals surface area contributed by atoms with Crippen LogP contribution in [0, 0.1) is 0 Å². The van der Waals surface area contributed by atoms with E-state index in [9.17, 15) is 4.21 Å². The van der Waals surface area contributed by atoms with Crippen molar-refractivity contribution in [2.75, 3.05) is 12.3 Å². The fourth-order valence-electron chi connectivity index (χ4n) is 0.964. The Morgan fingerprint density at radius 2 is 1.92 bits per heavy atom. The standard InChI is InChI=1S/C9H13NOS/c10-6-7-12(11)8-9-4-2-1-3-5-9/h1-5H,6-8,10H2/t12-/m0/s1. The predicted molar refractivity (Wildman–Crippen MR) is 52.2 cm³/mol. The molecule has 3 heteroatoms. The number of hydrogen-bond donors (Lipinski definition) is 1. The summed E-state index contributed by atoms with van der Waals surface area (Å²) < 4.78 is 11.2. The van der Waals surface area contributed by atoms with Gasteiger partial charge in [-0.2, -0.15) is 0 Å². The maximum Gasteiger partial charge on any atom is 0.0486 e. The molecule has 0 aromatic heterocycles. The maximum atomic E-state index is 11.2. The third-order valence-electron chi connectivity index (χ3n) is 1.52. The molecule has 0 aliphatic carbocycles. The first kappa shape index (κ1) is 9.42. The molecule has 0 unspecified atom stereocenters. The molecule has 0 bridgehead atoms. The highest BCUT2D eigenvalue weighted by Crippen LogP contribution is 2.01. The van der Waals surface area contributed by atoms with Gasteiger partial charge in [0.2, 0.25) is 0 Å². The second kappa shape index (κ2) is 5.06. The molecule has 0 heterocycles. The largest absolute Gasteiger partial charge is 0.330 e. The minimum Gasteiger partial charge on any atom is -0.330 e. The Bertz CT molecular complexity index is 248. The molecule has 12 heavy (non-hydrogen) atoms. The van der Waals surface area contributed by atoms with Crippen LogP contribution in [0.2, 0.25) is 0 Å². The van der Waals surface area contributed by atoms with Crippen LogP contribution in [0.15, 0.2) is 30.3 Å². The number of nitrogens with two attached hydrogens (primary N) is 1. The quantitative estimate of drug-likeness (QED) is 0.753. The molecule has 0 aliphatic rings. The average molecular weight is 183 g/mol. The monoisotopic (exact) mass is 183 g/mol. The lowest BCUT2D eigenvalue weighted by atomic mass is 10.2. The molecule has 0 saturated heterocycles. The lowest BCUT2D eigenvalue weighted by molar-refractivity contribution is 0.682. The first-order valence-electron chi connectivity index (χ1n) is 3.92. The fraction of sp³-hybridized carbons (Fsp3) is 0.333. The highest BCUT2D eigenvalue weighted by atomic mass is 32.2. The van der Waals surface area contributed by atoms with Gasteiger partial charge in [0.05, 0.1) is 0 Å². The molecule has 1 rings (SSSR count). The summed E-state index contributed by atoms with van der Waals surface area (Å²) >= 11 is 0. The van der Waals surface area contributed by atoms with Crippen LogP contribution < -0.4 is 5.73 Å². The second-order valence-corrected chi connectivity index (χ2v) is 4.14. The van der Waals surface area contributed by atoms with Crippen LogP contribution in [0.3, 0.4) is 0 Å². The number of benzene rings is 1. The summed E-state index contributed by atoms with van der Waals surface area (Å²) in [6, 6.07) is 9.82. The van der Waals surface area contributed by atoms with Gasteiger partial charge in [-0.25, -0.2) is 0 Å². The molecule has 1 aromatic carbocycles. The first-order valence-corrected chi connectivity index (χ1v) is 5.40. The Kier molecular flexibility index (Phi) is 3.97. The normalized spacial score (nSPS) is 12.8. The van der Waals surface area contributed by atoms with Crippen molar-refractivity contribution in [3.63, 3.8) is 0 Å². The van der Waals surface area contributed by atoms with Crippen molar-refractivity contribution < 1.29 is 4.21 Å². The van der Waals surface area contributed by atoms with Crippen LogP contribution in [0.5, 0.6) is 0 Å². The van der Waals surface area contributed by atoms with Crippen LogP contribution >= 0.6 is 0 Å². The molecule has 66 valence electrons. The van der Waals surface area contributed by atoms with Crippen LogP contribution in [0.4, 0.5) is 0 Å². The summed E-state index contributed by atoms with van der Waals surface area (Å²) in [4.78, 5) is 0. The van der Waals surface area contributed by atoms with Crippen molar-refractivity contribution in [3.8, 4) is 0 Å². The Morgan fingerprint density at radius 1 is 1.25 bits per heavy atom. The van der Waals surface area contributed by atoms with Crippen LogP contribution in [-0.2, 0) is 16.6 Å². The van der Waals surface area contributed by atoms with E-state index >= 15 is 0 Å². The summed E-state index contributed by atoms with van der Waals surface area (Å²) in [6.45, 7) is 0.499. The van der Waals surface area contributed by atoms with Gasteiger partial charge in [0.1, 0.15) is 0 Å². The number of hydrogen-bond acceptors (Lipinski definition) is 2. The van der Waals surface area contributed by atoms with Gasteiger partial charge in [-0.05, 0) is 5.56 Å². The molecule has 2 nitrogen and oxygen atoms in total. The van der Waals surface area contributed by atoms with E-state index in [1.807, 2.05) is 30.3 Å². The van der Waals surface area contributed by atoms with E-state index in [0.717, 1.165) is 5.56 Å². The highest BCUT2D eigenvalue weighted by molar-refractivity contribution is 7.84. The van der Waals surface area contributed by atoms with E-state index in [-0.39, 0.29) is 0 Å². The summed E-state index contributed by atoms with van der Waals surface area (Å²) in [5.74, 6) is 1.22. The zero-order valence-electron chi connectivity index (χ0n) is 6.90. The summed E-state index contributed by atoms with van der Waals surface area (Å²) in [5, 5.41) is 0. The van der Waals surface area contributed by atoms with Gasteiger partial charge in [0.25, 0.3) is 0 Å². The van der Waals surface area contributed by atoms with Gasteiger partial charge >= 0.3 is 0 Å². The van der Waals surface area contributed by atoms with Gasteiger partial charge < -0.3 is 5.73 Å². The Balaban J connectivity index is 2.47. The van der Waals surface area contributed by atoms with Crippen molar-refractivity contribution in [1.82, 2.24) is 0 Å². The van der Waals surface area contributed by atoms with Crippen molar-refractivity contribution in [3.05, 3.63) is 35.9 Å². The molecule has 1 aromatic rings. The van der Waals surface area contributed by atoms with Gasteiger partial charge in [-0.15, -0.1) is 0 Å².